The number of hydrogen-bond acceptors (Lipinski definition) is 5. The van der Waals surface area contributed by atoms with E-state index < -0.39 is 0 Å². The van der Waals surface area contributed by atoms with E-state index in [1.165, 1.54) is 0 Å². The van der Waals surface area contributed by atoms with Crippen molar-refractivity contribution < 1.29 is 4.74 Å². The molecule has 0 atom stereocenters. The van der Waals surface area contributed by atoms with Crippen molar-refractivity contribution >= 4 is 16.7 Å². The van der Waals surface area contributed by atoms with Gasteiger partial charge in [-0.1, -0.05) is 0 Å². The van der Waals surface area contributed by atoms with Gasteiger partial charge in [0.2, 0.25) is 5.65 Å². The quantitative estimate of drug-likeness (QED) is 0.749. The van der Waals surface area contributed by atoms with Crippen molar-refractivity contribution in [3.8, 4) is 0 Å². The largest absolute Gasteiger partial charge is 0.374 e. The van der Waals surface area contributed by atoms with Gasteiger partial charge in [-0.2, -0.15) is 4.52 Å². The van der Waals surface area contributed by atoms with Crippen LogP contribution >= 0.6 is 0 Å². The first-order valence-corrected chi connectivity index (χ1v) is 5.86. The topological polar surface area (TPSA) is 81.0 Å². The van der Waals surface area contributed by atoms with Crippen molar-refractivity contribution in [3.05, 3.63) is 17.1 Å². The number of fused-ring (bicyclic) bond motifs is 3. The van der Waals surface area contributed by atoms with Crippen molar-refractivity contribution in [3.63, 3.8) is 0 Å². The molecule has 0 aliphatic heterocycles. The monoisotopic (exact) mass is 246 g/mol. The zero-order valence-corrected chi connectivity index (χ0v) is 10.6. The molecule has 0 saturated carbocycles. The summed E-state index contributed by atoms with van der Waals surface area (Å²) < 4.78 is 7.08. The van der Waals surface area contributed by atoms with Gasteiger partial charge in [-0.3, -0.25) is 0 Å². The fourth-order valence-electron chi connectivity index (χ4n) is 2.02. The molecule has 1 N–H and O–H groups in total. The highest BCUT2D eigenvalue weighted by Gasteiger charge is 2.15. The Bertz CT molecular complexity index is 713. The molecule has 0 aromatic carbocycles. The molecular formula is C11H14N6O. The molecule has 0 bridgehead atoms. The second-order valence-electron chi connectivity index (χ2n) is 4.17. The van der Waals surface area contributed by atoms with Gasteiger partial charge in [0.05, 0.1) is 5.52 Å². The Morgan fingerprint density at radius 3 is 2.94 bits per heavy atom. The number of nitrogens with zero attached hydrogens (tertiary/aromatic N) is 5. The van der Waals surface area contributed by atoms with Crippen LogP contribution in [-0.2, 0) is 11.3 Å². The molecule has 0 spiro atoms. The smallest absolute Gasteiger partial charge is 0.205 e. The number of nitrogens with one attached hydrogen (secondary N) is 1. The molecule has 0 fully saturated rings. The number of aryl methyl sites for hydroxylation is 2. The van der Waals surface area contributed by atoms with E-state index in [9.17, 15) is 0 Å². The van der Waals surface area contributed by atoms with Gasteiger partial charge in [0, 0.05) is 12.3 Å². The predicted molar refractivity (Wildman–Crippen MR) is 65.2 cm³/mol. The molecule has 3 aromatic heterocycles. The van der Waals surface area contributed by atoms with Crippen LogP contribution in [0.2, 0.25) is 0 Å². The molecule has 7 nitrogen and oxygen atoms in total. The van der Waals surface area contributed by atoms with Gasteiger partial charge in [-0.25, -0.2) is 4.98 Å². The van der Waals surface area contributed by atoms with Gasteiger partial charge < -0.3 is 9.72 Å². The van der Waals surface area contributed by atoms with E-state index in [1.807, 2.05) is 20.8 Å². The van der Waals surface area contributed by atoms with E-state index in [4.69, 9.17) is 4.74 Å². The maximum Gasteiger partial charge on any atom is 0.205 e. The standard InChI is InChI=1S/C11H14N6O/c1-4-18-5-8-12-9-6(2)7(3)17-11(10(9)13-8)14-15-16-17/h4-5H2,1-3H3,(H,12,13). The lowest BCUT2D eigenvalue weighted by Crippen LogP contribution is -1.98. The van der Waals surface area contributed by atoms with E-state index in [0.29, 0.717) is 18.9 Å². The summed E-state index contributed by atoms with van der Waals surface area (Å²) in [7, 11) is 0. The molecule has 3 rings (SSSR count). The fourth-order valence-corrected chi connectivity index (χ4v) is 2.02. The third-order valence-electron chi connectivity index (χ3n) is 3.10. The summed E-state index contributed by atoms with van der Waals surface area (Å²) in [6.45, 7) is 7.09. The SMILES string of the molecule is CCOCc1nc2c(C)c(C)n3nnnc3c2[nH]1. The number of pyridine rings is 1. The Kier molecular flexibility index (Phi) is 2.48. The number of imidazole rings is 1. The summed E-state index contributed by atoms with van der Waals surface area (Å²) in [4.78, 5) is 7.78. The highest BCUT2D eigenvalue weighted by molar-refractivity contribution is 5.90. The number of aromatic nitrogens is 6. The fraction of sp³-hybridized carbons (Fsp3) is 0.455. The molecule has 0 unspecified atom stereocenters. The molecule has 0 saturated heterocycles. The first-order chi connectivity index (χ1) is 8.72. The molecule has 3 heterocycles. The van der Waals surface area contributed by atoms with Gasteiger partial charge in [-0.05, 0) is 36.8 Å². The predicted octanol–water partition coefficient (Wildman–Crippen LogP) is 1.15. The van der Waals surface area contributed by atoms with E-state index >= 15 is 0 Å². The maximum absolute atomic E-state index is 5.36. The Balaban J connectivity index is 2.28. The lowest BCUT2D eigenvalue weighted by atomic mass is 10.2. The van der Waals surface area contributed by atoms with Crippen LogP contribution in [0.15, 0.2) is 0 Å². The first kappa shape index (κ1) is 11.1. The van der Waals surface area contributed by atoms with Crippen LogP contribution in [0.5, 0.6) is 0 Å². The van der Waals surface area contributed by atoms with E-state index in [2.05, 4.69) is 25.5 Å². The Morgan fingerprint density at radius 1 is 1.33 bits per heavy atom. The molecule has 0 aliphatic rings. The second kappa shape index (κ2) is 4.02. The van der Waals surface area contributed by atoms with Gasteiger partial charge >= 0.3 is 0 Å². The average Bonchev–Trinajstić information content (AvgIpc) is 2.99. The minimum Gasteiger partial charge on any atom is -0.374 e. The van der Waals surface area contributed by atoms with Gasteiger partial charge in [0.15, 0.2) is 0 Å². The van der Waals surface area contributed by atoms with Gasteiger partial charge in [-0.15, -0.1) is 5.10 Å². The number of hydrogen-bond donors (Lipinski definition) is 1. The molecule has 3 aromatic rings. The number of ether oxygens (including phenoxy) is 1. The molecule has 0 aliphatic carbocycles. The van der Waals surface area contributed by atoms with Crippen molar-refractivity contribution in [2.75, 3.05) is 6.61 Å². The zero-order chi connectivity index (χ0) is 12.7. The van der Waals surface area contributed by atoms with Crippen molar-refractivity contribution in [2.24, 2.45) is 0 Å². The Morgan fingerprint density at radius 2 is 2.17 bits per heavy atom. The van der Waals surface area contributed by atoms with Crippen LogP contribution in [0.3, 0.4) is 0 Å². The normalized spacial score (nSPS) is 11.7. The van der Waals surface area contributed by atoms with Crippen LogP contribution in [0.25, 0.3) is 16.7 Å². The van der Waals surface area contributed by atoms with Crippen LogP contribution < -0.4 is 0 Å². The van der Waals surface area contributed by atoms with Crippen molar-refractivity contribution in [2.45, 2.75) is 27.4 Å². The molecule has 0 amide bonds. The van der Waals surface area contributed by atoms with E-state index in [0.717, 1.165) is 28.1 Å². The maximum atomic E-state index is 5.36. The summed E-state index contributed by atoms with van der Waals surface area (Å²) in [5.41, 5.74) is 4.53. The number of aromatic amines is 1. The highest BCUT2D eigenvalue weighted by atomic mass is 16.5. The summed E-state index contributed by atoms with van der Waals surface area (Å²) in [5.74, 6) is 0.797. The summed E-state index contributed by atoms with van der Waals surface area (Å²) in [5, 5.41) is 11.7. The summed E-state index contributed by atoms with van der Waals surface area (Å²) >= 11 is 0. The van der Waals surface area contributed by atoms with Crippen LogP contribution in [-0.4, -0.2) is 36.6 Å². The number of tetrazole rings is 1. The second-order valence-corrected chi connectivity index (χ2v) is 4.17. The van der Waals surface area contributed by atoms with Gasteiger partial charge in [0.1, 0.15) is 17.9 Å². The Labute approximate surface area is 103 Å². The minimum absolute atomic E-state index is 0.470. The zero-order valence-electron chi connectivity index (χ0n) is 10.6. The van der Waals surface area contributed by atoms with Crippen molar-refractivity contribution in [1.29, 1.82) is 0 Å². The molecular weight excluding hydrogens is 232 g/mol. The van der Waals surface area contributed by atoms with Gasteiger partial charge in [0.25, 0.3) is 0 Å². The van der Waals surface area contributed by atoms with Crippen LogP contribution in [0, 0.1) is 13.8 Å². The number of rotatable bonds is 3. The third-order valence-corrected chi connectivity index (χ3v) is 3.10. The minimum atomic E-state index is 0.470. The Hall–Kier alpha value is -2.02. The molecule has 18 heavy (non-hydrogen) atoms. The first-order valence-electron chi connectivity index (χ1n) is 5.86. The summed E-state index contributed by atoms with van der Waals surface area (Å²) in [6.07, 6.45) is 0. The molecule has 0 radical (unpaired) electrons. The number of H-pyrrole nitrogens is 1. The van der Waals surface area contributed by atoms with Crippen LogP contribution in [0.4, 0.5) is 0 Å². The van der Waals surface area contributed by atoms with Crippen molar-refractivity contribution in [1.82, 2.24) is 30.0 Å². The third kappa shape index (κ3) is 1.47. The lowest BCUT2D eigenvalue weighted by Gasteiger charge is -2.02. The van der Waals surface area contributed by atoms with Crippen LogP contribution in [0.1, 0.15) is 24.0 Å². The molecule has 7 heteroatoms. The summed E-state index contributed by atoms with van der Waals surface area (Å²) in [6, 6.07) is 0. The average molecular weight is 246 g/mol. The highest BCUT2D eigenvalue weighted by Crippen LogP contribution is 2.22. The van der Waals surface area contributed by atoms with E-state index in [-0.39, 0.29) is 0 Å². The lowest BCUT2D eigenvalue weighted by molar-refractivity contribution is 0.129. The molecule has 94 valence electrons. The van der Waals surface area contributed by atoms with E-state index in [1.54, 1.807) is 4.52 Å².